The second-order valence-corrected chi connectivity index (χ2v) is 6.69. The average Bonchev–Trinajstić information content (AvgIpc) is 2.89. The number of carbonyl (C=O) groups excluding carboxylic acids is 2. The summed E-state index contributed by atoms with van der Waals surface area (Å²) in [6, 6.07) is 3.59. The number of hydrogen-bond acceptors (Lipinski definition) is 6. The maximum Gasteiger partial charge on any atom is 0.341 e. The molecule has 0 saturated carbocycles. The van der Waals surface area contributed by atoms with E-state index in [1.165, 1.54) is 30.6 Å². The van der Waals surface area contributed by atoms with Crippen LogP contribution in [-0.2, 0) is 11.2 Å². The molecule has 9 heteroatoms. The van der Waals surface area contributed by atoms with Crippen molar-refractivity contribution in [2.45, 2.75) is 20.3 Å². The van der Waals surface area contributed by atoms with E-state index in [4.69, 9.17) is 16.3 Å². The van der Waals surface area contributed by atoms with Gasteiger partial charge in [-0.15, -0.1) is 11.3 Å². The van der Waals surface area contributed by atoms with Gasteiger partial charge in [0.2, 0.25) is 0 Å². The SMILES string of the molecule is CCc1c(C)sc(NC(=O)c2cc([N+](=O)[O-])ccc2Cl)c1C(=O)OC. The van der Waals surface area contributed by atoms with Gasteiger partial charge in [0.15, 0.2) is 0 Å². The van der Waals surface area contributed by atoms with Gasteiger partial charge in [-0.1, -0.05) is 18.5 Å². The lowest BCUT2D eigenvalue weighted by Crippen LogP contribution is -2.15. The average molecular weight is 383 g/mol. The predicted molar refractivity (Wildman–Crippen MR) is 95.8 cm³/mol. The lowest BCUT2D eigenvalue weighted by atomic mass is 10.1. The molecule has 2 aromatic rings. The minimum Gasteiger partial charge on any atom is -0.465 e. The Morgan fingerprint density at radius 1 is 1.40 bits per heavy atom. The number of methoxy groups -OCH3 is 1. The molecule has 1 amide bonds. The zero-order chi connectivity index (χ0) is 18.7. The molecule has 0 spiro atoms. The van der Waals surface area contributed by atoms with E-state index in [-0.39, 0.29) is 16.3 Å². The number of nitrogens with one attached hydrogen (secondary N) is 1. The number of benzene rings is 1. The standard InChI is InChI=1S/C16H15ClN2O5S/c1-4-10-8(2)25-15(13(10)16(21)24-3)18-14(20)11-7-9(19(22)23)5-6-12(11)17/h5-7H,4H2,1-3H3,(H,18,20). The van der Waals surface area contributed by atoms with Crippen LogP contribution < -0.4 is 5.32 Å². The van der Waals surface area contributed by atoms with E-state index in [0.717, 1.165) is 16.5 Å². The Morgan fingerprint density at radius 2 is 2.08 bits per heavy atom. The summed E-state index contributed by atoms with van der Waals surface area (Å²) in [5.41, 5.74) is 0.787. The molecule has 0 radical (unpaired) electrons. The van der Waals surface area contributed by atoms with Crippen molar-refractivity contribution in [2.75, 3.05) is 12.4 Å². The Bertz CT molecular complexity index is 862. The molecule has 132 valence electrons. The van der Waals surface area contributed by atoms with E-state index >= 15 is 0 Å². The molecule has 0 aliphatic heterocycles. The molecule has 1 aromatic heterocycles. The van der Waals surface area contributed by atoms with Crippen molar-refractivity contribution in [1.29, 1.82) is 0 Å². The first kappa shape index (κ1) is 18.9. The molecule has 25 heavy (non-hydrogen) atoms. The first-order valence-electron chi connectivity index (χ1n) is 7.26. The van der Waals surface area contributed by atoms with Gasteiger partial charge in [0.1, 0.15) is 5.00 Å². The van der Waals surface area contributed by atoms with Gasteiger partial charge >= 0.3 is 5.97 Å². The summed E-state index contributed by atoms with van der Waals surface area (Å²) in [5.74, 6) is -1.19. The van der Waals surface area contributed by atoms with Crippen LogP contribution in [0.2, 0.25) is 5.02 Å². The van der Waals surface area contributed by atoms with Crippen LogP contribution in [0, 0.1) is 17.0 Å². The molecule has 0 saturated heterocycles. The molecule has 0 bridgehead atoms. The summed E-state index contributed by atoms with van der Waals surface area (Å²) >= 11 is 7.22. The van der Waals surface area contributed by atoms with Crippen LogP contribution in [0.1, 0.15) is 38.1 Å². The predicted octanol–water partition coefficient (Wildman–Crippen LogP) is 4.22. The van der Waals surface area contributed by atoms with Crippen molar-refractivity contribution < 1.29 is 19.2 Å². The first-order chi connectivity index (χ1) is 11.8. The summed E-state index contributed by atoms with van der Waals surface area (Å²) in [6.45, 7) is 3.73. The van der Waals surface area contributed by atoms with E-state index < -0.39 is 16.8 Å². The molecule has 0 unspecified atom stereocenters. The number of halogens is 1. The highest BCUT2D eigenvalue weighted by Gasteiger charge is 2.24. The third-order valence-corrected chi connectivity index (χ3v) is 4.98. The summed E-state index contributed by atoms with van der Waals surface area (Å²) in [6.07, 6.45) is 0.597. The number of amides is 1. The van der Waals surface area contributed by atoms with Crippen LogP contribution in [0.4, 0.5) is 10.7 Å². The number of aryl methyl sites for hydroxylation is 1. The lowest BCUT2D eigenvalue weighted by molar-refractivity contribution is -0.384. The molecule has 1 heterocycles. The van der Waals surface area contributed by atoms with Gasteiger partial charge in [-0.05, 0) is 25.0 Å². The smallest absolute Gasteiger partial charge is 0.341 e. The fourth-order valence-corrected chi connectivity index (χ4v) is 3.71. The van der Waals surface area contributed by atoms with Crippen LogP contribution in [0.3, 0.4) is 0 Å². The monoisotopic (exact) mass is 382 g/mol. The van der Waals surface area contributed by atoms with Gasteiger partial charge in [-0.3, -0.25) is 14.9 Å². The normalized spacial score (nSPS) is 10.4. The third-order valence-electron chi connectivity index (χ3n) is 3.58. The van der Waals surface area contributed by atoms with Crippen molar-refractivity contribution in [1.82, 2.24) is 0 Å². The number of anilines is 1. The van der Waals surface area contributed by atoms with Gasteiger partial charge in [-0.2, -0.15) is 0 Å². The zero-order valence-electron chi connectivity index (χ0n) is 13.7. The Morgan fingerprint density at radius 3 is 2.64 bits per heavy atom. The highest BCUT2D eigenvalue weighted by atomic mass is 35.5. The van der Waals surface area contributed by atoms with E-state index in [0.29, 0.717) is 17.0 Å². The third kappa shape index (κ3) is 3.80. The van der Waals surface area contributed by atoms with Gasteiger partial charge < -0.3 is 10.1 Å². The maximum absolute atomic E-state index is 12.5. The van der Waals surface area contributed by atoms with Gasteiger partial charge in [0, 0.05) is 17.0 Å². The van der Waals surface area contributed by atoms with Crippen LogP contribution >= 0.6 is 22.9 Å². The van der Waals surface area contributed by atoms with Gasteiger partial charge in [0.25, 0.3) is 11.6 Å². The number of nitro benzene ring substituents is 1. The molecule has 0 atom stereocenters. The van der Waals surface area contributed by atoms with Crippen LogP contribution in [0.5, 0.6) is 0 Å². The summed E-state index contributed by atoms with van der Waals surface area (Å²) < 4.78 is 4.80. The Balaban J connectivity index is 2.44. The highest BCUT2D eigenvalue weighted by Crippen LogP contribution is 2.35. The fourth-order valence-electron chi connectivity index (χ4n) is 2.38. The molecule has 0 aliphatic carbocycles. The Hall–Kier alpha value is -2.45. The number of nitrogens with zero attached hydrogens (tertiary/aromatic N) is 1. The van der Waals surface area contributed by atoms with Crippen molar-refractivity contribution in [3.8, 4) is 0 Å². The van der Waals surface area contributed by atoms with E-state index in [1.807, 2.05) is 13.8 Å². The quantitative estimate of drug-likeness (QED) is 0.474. The lowest BCUT2D eigenvalue weighted by Gasteiger charge is -2.08. The zero-order valence-corrected chi connectivity index (χ0v) is 15.3. The molecular formula is C16H15ClN2O5S. The van der Waals surface area contributed by atoms with Crippen LogP contribution in [0.15, 0.2) is 18.2 Å². The van der Waals surface area contributed by atoms with Crippen LogP contribution in [0.25, 0.3) is 0 Å². The molecule has 1 aromatic carbocycles. The number of esters is 1. The second-order valence-electron chi connectivity index (χ2n) is 5.06. The number of rotatable bonds is 5. The summed E-state index contributed by atoms with van der Waals surface area (Å²) in [7, 11) is 1.26. The summed E-state index contributed by atoms with van der Waals surface area (Å²) in [5, 5.41) is 13.9. The topological polar surface area (TPSA) is 98.5 Å². The second kappa shape index (κ2) is 7.62. The van der Waals surface area contributed by atoms with Crippen molar-refractivity contribution in [3.05, 3.63) is 54.9 Å². The fraction of sp³-hybridized carbons (Fsp3) is 0.250. The number of carbonyl (C=O) groups is 2. The van der Waals surface area contributed by atoms with Gasteiger partial charge in [-0.25, -0.2) is 4.79 Å². The molecule has 1 N–H and O–H groups in total. The Labute approximate surface area is 152 Å². The van der Waals surface area contributed by atoms with Crippen molar-refractivity contribution >= 4 is 45.5 Å². The van der Waals surface area contributed by atoms with E-state index in [2.05, 4.69) is 5.32 Å². The Kier molecular flexibility index (Phi) is 5.76. The molecule has 0 aliphatic rings. The summed E-state index contributed by atoms with van der Waals surface area (Å²) in [4.78, 5) is 35.7. The van der Waals surface area contributed by atoms with E-state index in [1.54, 1.807) is 0 Å². The molecule has 2 rings (SSSR count). The number of non-ortho nitro benzene ring substituents is 1. The number of hydrogen-bond donors (Lipinski definition) is 1. The number of nitro groups is 1. The number of ether oxygens (including phenoxy) is 1. The van der Waals surface area contributed by atoms with Gasteiger partial charge in [0.05, 0.1) is 28.2 Å². The van der Waals surface area contributed by atoms with Crippen LogP contribution in [-0.4, -0.2) is 23.9 Å². The van der Waals surface area contributed by atoms with E-state index in [9.17, 15) is 19.7 Å². The number of thiophene rings is 1. The minimum absolute atomic E-state index is 0.0456. The molecule has 7 nitrogen and oxygen atoms in total. The largest absolute Gasteiger partial charge is 0.465 e. The first-order valence-corrected chi connectivity index (χ1v) is 8.45. The molecule has 0 fully saturated rings. The van der Waals surface area contributed by atoms with Crippen molar-refractivity contribution in [2.24, 2.45) is 0 Å². The molecular weight excluding hydrogens is 368 g/mol. The minimum atomic E-state index is -0.636. The maximum atomic E-state index is 12.5. The van der Waals surface area contributed by atoms with Crippen molar-refractivity contribution in [3.63, 3.8) is 0 Å². The highest BCUT2D eigenvalue weighted by molar-refractivity contribution is 7.16.